The maximum absolute atomic E-state index is 13.7. The molecule has 0 bridgehead atoms. The Bertz CT molecular complexity index is 1260. The lowest BCUT2D eigenvalue weighted by Gasteiger charge is -2.13. The molecule has 0 saturated heterocycles. The fourth-order valence-electron chi connectivity index (χ4n) is 2.86. The first-order valence-electron chi connectivity index (χ1n) is 8.51. The van der Waals surface area contributed by atoms with Crippen LogP contribution < -0.4 is 11.5 Å². The molecule has 0 fully saturated rings. The van der Waals surface area contributed by atoms with Gasteiger partial charge in [-0.2, -0.15) is 0 Å². The molecule has 1 aromatic heterocycles. The Morgan fingerprint density at radius 3 is 2.31 bits per heavy atom. The summed E-state index contributed by atoms with van der Waals surface area (Å²) in [7, 11) is -3.82. The minimum atomic E-state index is -3.82. The number of nitrogen functional groups attached to an aromatic ring is 1. The van der Waals surface area contributed by atoms with Crippen molar-refractivity contribution in [3.05, 3.63) is 65.2 Å². The zero-order chi connectivity index (χ0) is 21.5. The Morgan fingerprint density at radius 2 is 1.72 bits per heavy atom. The summed E-state index contributed by atoms with van der Waals surface area (Å²) in [4.78, 5) is 15.6. The normalized spacial score (nSPS) is 12.7. The summed E-state index contributed by atoms with van der Waals surface area (Å²) in [5.41, 5.74) is 12.3. The number of imidazole rings is 1. The first kappa shape index (κ1) is 20.5. The summed E-state index contributed by atoms with van der Waals surface area (Å²) in [5.74, 6) is -3.17. The molecule has 0 spiro atoms. The Labute approximate surface area is 165 Å². The molecule has 0 aliphatic rings. The monoisotopic (exact) mass is 420 g/mol. The second-order valence-corrected chi connectivity index (χ2v) is 8.96. The molecule has 3 aromatic rings. The third-order valence-electron chi connectivity index (χ3n) is 4.32. The number of benzene rings is 2. The van der Waals surface area contributed by atoms with Crippen LogP contribution in [0.2, 0.25) is 0 Å². The molecule has 0 saturated carbocycles. The summed E-state index contributed by atoms with van der Waals surface area (Å²) >= 11 is 0. The summed E-state index contributed by atoms with van der Waals surface area (Å²) in [5, 5.41) is -0.766. The molecule has 29 heavy (non-hydrogen) atoms. The number of nitrogens with zero attached hydrogens (tertiary/aromatic N) is 2. The largest absolute Gasteiger partial charge is 0.368 e. The lowest BCUT2D eigenvalue weighted by atomic mass is 9.97. The van der Waals surface area contributed by atoms with E-state index in [4.69, 9.17) is 11.5 Å². The highest BCUT2D eigenvalue weighted by Gasteiger charge is 2.25. The van der Waals surface area contributed by atoms with E-state index >= 15 is 0 Å². The van der Waals surface area contributed by atoms with Crippen LogP contribution in [0.4, 0.5) is 14.7 Å². The van der Waals surface area contributed by atoms with Crippen LogP contribution in [0.1, 0.15) is 25.0 Å². The molecular formula is C19H18F2N4O3S. The fraction of sp³-hybridized carbons (Fsp3) is 0.158. The van der Waals surface area contributed by atoms with Gasteiger partial charge in [-0.05, 0) is 54.8 Å². The molecule has 0 unspecified atom stereocenters. The van der Waals surface area contributed by atoms with Crippen molar-refractivity contribution in [2.24, 2.45) is 5.73 Å². The molecule has 152 valence electrons. The van der Waals surface area contributed by atoms with Gasteiger partial charge < -0.3 is 11.5 Å². The van der Waals surface area contributed by atoms with Gasteiger partial charge in [0.05, 0.1) is 16.3 Å². The molecule has 0 aliphatic heterocycles. The molecule has 1 amide bonds. The molecule has 0 atom stereocenters. The van der Waals surface area contributed by atoms with Gasteiger partial charge in [-0.1, -0.05) is 12.1 Å². The molecule has 1 heterocycles. The van der Waals surface area contributed by atoms with Crippen LogP contribution in [-0.4, -0.2) is 28.5 Å². The number of hydrogen-bond donors (Lipinski definition) is 2. The number of carbonyl (C=O) groups excluding carboxylic acids is 1. The number of rotatable bonds is 5. The van der Waals surface area contributed by atoms with Crippen LogP contribution in [-0.2, 0) is 14.8 Å². The number of anilines is 1. The van der Waals surface area contributed by atoms with Gasteiger partial charge in [0.1, 0.15) is 0 Å². The van der Waals surface area contributed by atoms with Crippen molar-refractivity contribution in [3.8, 4) is 0 Å². The maximum Gasteiger partial charge on any atom is 0.244 e. The smallest absolute Gasteiger partial charge is 0.244 e. The van der Waals surface area contributed by atoms with Crippen molar-refractivity contribution in [2.75, 3.05) is 5.73 Å². The Kier molecular flexibility index (Phi) is 5.14. The molecular weight excluding hydrogens is 402 g/mol. The van der Waals surface area contributed by atoms with E-state index in [1.165, 1.54) is 32.0 Å². The topological polar surface area (TPSA) is 121 Å². The number of fused-ring (bicyclic) bond motifs is 1. The highest BCUT2D eigenvalue weighted by Crippen LogP contribution is 2.30. The standard InChI is InChI=1S/C19H18F2N4O3S/c1-10(2)29(27,28)25-17-8-12(4-6-16(17)24-19(25)23)13(9-18(22)26)11-3-5-14(20)15(21)7-11/h3-10H,1-2H3,(H2,22,26)(H2,23,24). The third-order valence-corrected chi connectivity index (χ3v) is 6.40. The average molecular weight is 420 g/mol. The quantitative estimate of drug-likeness (QED) is 0.614. The van der Waals surface area contributed by atoms with Gasteiger partial charge in [0, 0.05) is 6.08 Å². The number of amides is 1. The van der Waals surface area contributed by atoms with Gasteiger partial charge in [-0.15, -0.1) is 0 Å². The van der Waals surface area contributed by atoms with Crippen LogP contribution in [0, 0.1) is 11.6 Å². The summed E-state index contributed by atoms with van der Waals surface area (Å²) < 4.78 is 53.4. The first-order chi connectivity index (χ1) is 13.5. The minimum absolute atomic E-state index is 0.187. The van der Waals surface area contributed by atoms with Crippen molar-refractivity contribution in [2.45, 2.75) is 19.1 Å². The number of aromatic nitrogens is 2. The highest BCUT2D eigenvalue weighted by molar-refractivity contribution is 7.90. The van der Waals surface area contributed by atoms with Crippen LogP contribution in [0.25, 0.3) is 16.6 Å². The summed E-state index contributed by atoms with van der Waals surface area (Å²) in [6, 6.07) is 7.65. The van der Waals surface area contributed by atoms with E-state index in [1.54, 1.807) is 6.07 Å². The van der Waals surface area contributed by atoms with Crippen molar-refractivity contribution in [1.82, 2.24) is 8.96 Å². The van der Waals surface area contributed by atoms with Gasteiger partial charge in [0.25, 0.3) is 0 Å². The predicted octanol–water partition coefficient (Wildman–Crippen LogP) is 2.40. The van der Waals surface area contributed by atoms with E-state index in [0.717, 1.165) is 22.2 Å². The highest BCUT2D eigenvalue weighted by atomic mass is 32.2. The van der Waals surface area contributed by atoms with E-state index in [2.05, 4.69) is 4.98 Å². The number of halogens is 2. The molecule has 7 nitrogen and oxygen atoms in total. The van der Waals surface area contributed by atoms with Crippen molar-refractivity contribution in [1.29, 1.82) is 0 Å². The van der Waals surface area contributed by atoms with E-state index in [1.807, 2.05) is 0 Å². The Hall–Kier alpha value is -3.27. The molecule has 0 aliphatic carbocycles. The lowest BCUT2D eigenvalue weighted by molar-refractivity contribution is -0.113. The van der Waals surface area contributed by atoms with Gasteiger partial charge in [-0.25, -0.2) is 26.2 Å². The predicted molar refractivity (Wildman–Crippen MR) is 106 cm³/mol. The molecule has 3 rings (SSSR count). The van der Waals surface area contributed by atoms with Crippen LogP contribution in [0.5, 0.6) is 0 Å². The minimum Gasteiger partial charge on any atom is -0.368 e. The van der Waals surface area contributed by atoms with E-state index in [0.29, 0.717) is 11.1 Å². The first-order valence-corrected chi connectivity index (χ1v) is 10.0. The van der Waals surface area contributed by atoms with E-state index in [9.17, 15) is 22.0 Å². The summed E-state index contributed by atoms with van der Waals surface area (Å²) in [6.45, 7) is 3.01. The number of nitrogens with two attached hydrogens (primary N) is 2. The molecule has 0 radical (unpaired) electrons. The SMILES string of the molecule is CC(C)S(=O)(=O)n1c(N)nc2ccc(C(=CC(N)=O)c3ccc(F)c(F)c3)cc21. The second-order valence-electron chi connectivity index (χ2n) is 6.62. The average Bonchev–Trinajstić information content (AvgIpc) is 2.97. The van der Waals surface area contributed by atoms with Crippen LogP contribution in [0.15, 0.2) is 42.5 Å². The maximum atomic E-state index is 13.7. The number of carbonyl (C=O) groups is 1. The third kappa shape index (κ3) is 3.70. The fourth-order valence-corrected chi connectivity index (χ4v) is 4.00. The second kappa shape index (κ2) is 7.28. The molecule has 4 N–H and O–H groups in total. The van der Waals surface area contributed by atoms with E-state index in [-0.39, 0.29) is 22.6 Å². The van der Waals surface area contributed by atoms with Crippen molar-refractivity contribution >= 4 is 38.5 Å². The lowest BCUT2D eigenvalue weighted by Crippen LogP contribution is -2.23. The van der Waals surface area contributed by atoms with Crippen molar-refractivity contribution in [3.63, 3.8) is 0 Å². The van der Waals surface area contributed by atoms with Crippen LogP contribution in [0.3, 0.4) is 0 Å². The van der Waals surface area contributed by atoms with Crippen molar-refractivity contribution < 1.29 is 22.0 Å². The van der Waals surface area contributed by atoms with Gasteiger partial charge in [-0.3, -0.25) is 4.79 Å². The zero-order valence-electron chi connectivity index (χ0n) is 15.6. The van der Waals surface area contributed by atoms with Gasteiger partial charge in [0.15, 0.2) is 11.6 Å². The summed E-state index contributed by atoms with van der Waals surface area (Å²) in [6.07, 6.45) is 1.05. The van der Waals surface area contributed by atoms with Gasteiger partial charge in [0.2, 0.25) is 21.9 Å². The molecule has 10 heteroatoms. The number of hydrogen-bond acceptors (Lipinski definition) is 5. The zero-order valence-corrected chi connectivity index (χ0v) is 16.4. The van der Waals surface area contributed by atoms with E-state index < -0.39 is 32.8 Å². The number of primary amides is 1. The Balaban J connectivity index is 2.29. The molecule has 2 aromatic carbocycles. The van der Waals surface area contributed by atoms with Gasteiger partial charge >= 0.3 is 0 Å². The van der Waals surface area contributed by atoms with Crippen LogP contribution >= 0.6 is 0 Å². The Morgan fingerprint density at radius 1 is 1.10 bits per heavy atom.